The van der Waals surface area contributed by atoms with Gasteiger partial charge in [-0.05, 0) is 54.1 Å². The van der Waals surface area contributed by atoms with Crippen molar-refractivity contribution in [1.82, 2.24) is 4.57 Å². The molecule has 36 heavy (non-hydrogen) atoms. The number of carboxylic acids is 1. The van der Waals surface area contributed by atoms with Crippen LogP contribution in [0.15, 0.2) is 96.6 Å². The first-order valence-electron chi connectivity index (χ1n) is 10.8. The number of para-hydroxylation sites is 1. The van der Waals surface area contributed by atoms with Gasteiger partial charge in [-0.2, -0.15) is 0 Å². The number of aromatic carboxylic acids is 1. The molecular weight excluding hydrogens is 482 g/mol. The first-order valence-corrected chi connectivity index (χ1v) is 11.6. The first-order chi connectivity index (χ1) is 17.4. The molecule has 5 rings (SSSR count). The topological polar surface area (TPSA) is 119 Å². The van der Waals surface area contributed by atoms with Crippen LogP contribution in [-0.2, 0) is 6.54 Å². The summed E-state index contributed by atoms with van der Waals surface area (Å²) < 4.78 is 12.3. The molecule has 0 unspecified atom stereocenters. The highest BCUT2D eigenvalue weighted by Gasteiger charge is 2.22. The lowest BCUT2D eigenvalue weighted by Gasteiger charge is -2.14. The van der Waals surface area contributed by atoms with Crippen molar-refractivity contribution in [2.24, 2.45) is 0 Å². The van der Waals surface area contributed by atoms with E-state index in [1.807, 2.05) is 12.1 Å². The SMILES string of the molecule is COc1ccc(Cn2c(=O)c3c(O)c(Sc4ccc(C(=O)O)cc4)c(=O)oc3c3ccccc32)cc1. The number of carboxylic acid groups (broad SMARTS) is 1. The van der Waals surface area contributed by atoms with Gasteiger partial charge >= 0.3 is 11.6 Å². The van der Waals surface area contributed by atoms with Gasteiger partial charge in [0.05, 0.1) is 24.7 Å². The van der Waals surface area contributed by atoms with E-state index in [0.29, 0.717) is 21.5 Å². The Morgan fingerprint density at radius 2 is 1.69 bits per heavy atom. The quantitative estimate of drug-likeness (QED) is 0.321. The van der Waals surface area contributed by atoms with Crippen molar-refractivity contribution in [3.63, 3.8) is 0 Å². The molecule has 0 radical (unpaired) electrons. The van der Waals surface area contributed by atoms with Gasteiger partial charge in [0.2, 0.25) is 0 Å². The molecule has 0 fully saturated rings. The summed E-state index contributed by atoms with van der Waals surface area (Å²) in [6.45, 7) is 0.219. The summed E-state index contributed by atoms with van der Waals surface area (Å²) in [5, 5.41) is 20.6. The third kappa shape index (κ3) is 4.09. The van der Waals surface area contributed by atoms with Crippen LogP contribution in [0, 0.1) is 0 Å². The monoisotopic (exact) mass is 501 g/mol. The lowest BCUT2D eigenvalue weighted by atomic mass is 10.1. The van der Waals surface area contributed by atoms with Gasteiger partial charge in [-0.15, -0.1) is 0 Å². The first kappa shape index (κ1) is 23.3. The fourth-order valence-electron chi connectivity index (χ4n) is 3.99. The molecule has 2 aromatic heterocycles. The van der Waals surface area contributed by atoms with Crippen LogP contribution in [0.4, 0.5) is 0 Å². The fraction of sp³-hybridized carbons (Fsp3) is 0.0741. The Morgan fingerprint density at radius 3 is 2.36 bits per heavy atom. The zero-order chi connectivity index (χ0) is 25.4. The van der Waals surface area contributed by atoms with Crippen LogP contribution in [-0.4, -0.2) is 27.9 Å². The predicted octanol–water partition coefficient (Wildman–Crippen LogP) is 4.72. The Bertz CT molecular complexity index is 1740. The van der Waals surface area contributed by atoms with Crippen molar-refractivity contribution >= 4 is 39.6 Å². The second-order valence-electron chi connectivity index (χ2n) is 7.96. The molecule has 0 atom stereocenters. The van der Waals surface area contributed by atoms with Gasteiger partial charge in [-0.25, -0.2) is 9.59 Å². The number of aromatic hydroxyl groups is 1. The fourth-order valence-corrected chi connectivity index (χ4v) is 4.82. The van der Waals surface area contributed by atoms with Gasteiger partial charge in [0.1, 0.15) is 16.0 Å². The van der Waals surface area contributed by atoms with E-state index in [-0.39, 0.29) is 28.0 Å². The molecule has 2 heterocycles. The number of rotatable bonds is 6. The maximum absolute atomic E-state index is 13.7. The van der Waals surface area contributed by atoms with E-state index < -0.39 is 22.9 Å². The molecule has 0 spiro atoms. The molecule has 0 aliphatic rings. The Morgan fingerprint density at radius 1 is 1.00 bits per heavy atom. The van der Waals surface area contributed by atoms with E-state index in [0.717, 1.165) is 17.3 Å². The van der Waals surface area contributed by atoms with E-state index >= 15 is 0 Å². The number of carbonyl (C=O) groups is 1. The number of fused-ring (bicyclic) bond motifs is 3. The van der Waals surface area contributed by atoms with Crippen molar-refractivity contribution < 1.29 is 24.2 Å². The summed E-state index contributed by atoms with van der Waals surface area (Å²) in [6, 6.07) is 20.1. The van der Waals surface area contributed by atoms with E-state index in [4.69, 9.17) is 14.3 Å². The molecule has 8 nitrogen and oxygen atoms in total. The highest BCUT2D eigenvalue weighted by Crippen LogP contribution is 2.37. The van der Waals surface area contributed by atoms with E-state index in [1.54, 1.807) is 43.5 Å². The molecule has 5 aromatic rings. The van der Waals surface area contributed by atoms with Crippen LogP contribution in [0.25, 0.3) is 21.9 Å². The average molecular weight is 502 g/mol. The Kier molecular flexibility index (Phi) is 5.99. The molecule has 0 saturated carbocycles. The van der Waals surface area contributed by atoms with Gasteiger partial charge in [0, 0.05) is 10.3 Å². The molecule has 180 valence electrons. The van der Waals surface area contributed by atoms with Gasteiger partial charge in [0.25, 0.3) is 5.56 Å². The summed E-state index contributed by atoms with van der Waals surface area (Å²) >= 11 is 0.893. The zero-order valence-corrected chi connectivity index (χ0v) is 19.7. The van der Waals surface area contributed by atoms with Gasteiger partial charge < -0.3 is 23.9 Å². The van der Waals surface area contributed by atoms with Gasteiger partial charge in [0.15, 0.2) is 11.3 Å². The summed E-state index contributed by atoms with van der Waals surface area (Å²) in [6.07, 6.45) is 0. The minimum Gasteiger partial charge on any atom is -0.505 e. The van der Waals surface area contributed by atoms with Crippen molar-refractivity contribution in [1.29, 1.82) is 0 Å². The standard InChI is InChI=1S/C27H19NO7S/c1-34-17-10-6-15(7-11-17)14-28-20-5-3-2-4-19(20)23-21(25(28)30)22(29)24(27(33)35-23)36-18-12-8-16(9-13-18)26(31)32/h2-13,29H,14H2,1H3,(H,31,32). The number of aromatic nitrogens is 1. The lowest BCUT2D eigenvalue weighted by molar-refractivity contribution is 0.0697. The zero-order valence-electron chi connectivity index (χ0n) is 18.9. The number of nitrogens with zero attached hydrogens (tertiary/aromatic N) is 1. The number of benzene rings is 3. The number of hydrogen-bond acceptors (Lipinski definition) is 7. The molecule has 0 aliphatic carbocycles. The van der Waals surface area contributed by atoms with Crippen molar-refractivity contribution in [3.8, 4) is 11.5 Å². The summed E-state index contributed by atoms with van der Waals surface area (Å²) in [5.74, 6) is -0.872. The van der Waals surface area contributed by atoms with Crippen molar-refractivity contribution in [2.45, 2.75) is 16.3 Å². The second-order valence-corrected chi connectivity index (χ2v) is 9.04. The number of ether oxygens (including phenoxy) is 1. The third-order valence-corrected chi connectivity index (χ3v) is 6.85. The van der Waals surface area contributed by atoms with Gasteiger partial charge in [-0.3, -0.25) is 4.79 Å². The molecule has 0 bridgehead atoms. The molecular formula is C27H19NO7S. The summed E-state index contributed by atoms with van der Waals surface area (Å²) in [7, 11) is 1.57. The number of pyridine rings is 1. The summed E-state index contributed by atoms with van der Waals surface area (Å²) in [4.78, 5) is 38.0. The number of hydrogen-bond donors (Lipinski definition) is 2. The smallest absolute Gasteiger partial charge is 0.354 e. The Balaban J connectivity index is 1.69. The van der Waals surface area contributed by atoms with Crippen LogP contribution >= 0.6 is 11.8 Å². The van der Waals surface area contributed by atoms with Crippen molar-refractivity contribution in [3.05, 3.63) is 105 Å². The third-order valence-electron chi connectivity index (χ3n) is 5.78. The summed E-state index contributed by atoms with van der Waals surface area (Å²) in [5.41, 5.74) is 0.177. The predicted molar refractivity (Wildman–Crippen MR) is 136 cm³/mol. The van der Waals surface area contributed by atoms with Crippen LogP contribution in [0.2, 0.25) is 0 Å². The lowest BCUT2D eigenvalue weighted by Crippen LogP contribution is -2.22. The highest BCUT2D eigenvalue weighted by molar-refractivity contribution is 7.99. The Hall–Kier alpha value is -4.50. The Labute approximate surface area is 208 Å². The second kappa shape index (κ2) is 9.27. The normalized spacial score (nSPS) is 11.1. The van der Waals surface area contributed by atoms with Crippen molar-refractivity contribution in [2.75, 3.05) is 7.11 Å². The van der Waals surface area contributed by atoms with Crippen LogP contribution in [0.5, 0.6) is 11.5 Å². The molecule has 3 aromatic carbocycles. The minimum atomic E-state index is -1.08. The van der Waals surface area contributed by atoms with Crippen LogP contribution < -0.4 is 15.9 Å². The maximum atomic E-state index is 13.7. The average Bonchev–Trinajstić information content (AvgIpc) is 2.89. The van der Waals surface area contributed by atoms with Gasteiger partial charge in [-0.1, -0.05) is 36.0 Å². The molecule has 0 saturated heterocycles. The van der Waals surface area contributed by atoms with Crippen LogP contribution in [0.3, 0.4) is 0 Å². The molecule has 0 aliphatic heterocycles. The highest BCUT2D eigenvalue weighted by atomic mass is 32.2. The molecule has 9 heteroatoms. The largest absolute Gasteiger partial charge is 0.505 e. The number of methoxy groups -OCH3 is 1. The van der Waals surface area contributed by atoms with E-state index in [1.165, 1.54) is 28.8 Å². The van der Waals surface area contributed by atoms with E-state index in [9.17, 15) is 19.5 Å². The minimum absolute atomic E-state index is 0.00894. The van der Waals surface area contributed by atoms with Crippen LogP contribution in [0.1, 0.15) is 15.9 Å². The van der Waals surface area contributed by atoms with E-state index in [2.05, 4.69) is 0 Å². The maximum Gasteiger partial charge on any atom is 0.354 e. The molecule has 0 amide bonds. The molecule has 2 N–H and O–H groups in total.